The van der Waals surface area contributed by atoms with Gasteiger partial charge >= 0.3 is 0 Å². The van der Waals surface area contributed by atoms with Crippen LogP contribution < -0.4 is 0 Å². The van der Waals surface area contributed by atoms with Gasteiger partial charge in [-0.2, -0.15) is 0 Å². The van der Waals surface area contributed by atoms with Crippen LogP contribution in [-0.4, -0.2) is 31.2 Å². The third-order valence-electron chi connectivity index (χ3n) is 5.37. The summed E-state index contributed by atoms with van der Waals surface area (Å²) in [5, 5.41) is 0. The molecule has 0 aliphatic rings. The summed E-state index contributed by atoms with van der Waals surface area (Å²) in [7, 11) is 2.47. The van der Waals surface area contributed by atoms with Crippen LogP contribution in [0.2, 0.25) is 0 Å². The van der Waals surface area contributed by atoms with Crippen LogP contribution in [0.3, 0.4) is 0 Å². The van der Waals surface area contributed by atoms with Gasteiger partial charge in [-0.15, -0.1) is 0 Å². The summed E-state index contributed by atoms with van der Waals surface area (Å²) in [6.45, 7) is 11.1. The highest BCUT2D eigenvalue weighted by atomic mass is 15.3. The molecule has 1 unspecified atom stereocenters. The Kier molecular flexibility index (Phi) is 15.8. The highest BCUT2D eigenvalue weighted by Gasteiger charge is 2.17. The second kappa shape index (κ2) is 15.8. The first kappa shape index (κ1) is 22.0. The van der Waals surface area contributed by atoms with Crippen LogP contribution in [0, 0.1) is 0 Å². The zero-order valence-electron chi connectivity index (χ0n) is 16.5. The van der Waals surface area contributed by atoms with E-state index in [0.29, 0.717) is 0 Å². The molecule has 1 atom stereocenters. The van der Waals surface area contributed by atoms with Crippen molar-refractivity contribution in [2.45, 2.75) is 111 Å². The van der Waals surface area contributed by atoms with Crippen molar-refractivity contribution in [2.24, 2.45) is 0 Å². The van der Waals surface area contributed by atoms with Gasteiger partial charge in [-0.05, 0) is 32.6 Å². The van der Waals surface area contributed by atoms with Crippen molar-refractivity contribution >= 4 is 0 Å². The largest absolute Gasteiger partial charge is 0.326 e. The summed E-state index contributed by atoms with van der Waals surface area (Å²) < 4.78 is 1.31. The monoisotopic (exact) mass is 312 g/mol. The van der Waals surface area contributed by atoms with Crippen LogP contribution in [0.15, 0.2) is 0 Å². The standard InChI is InChI=1S/C21H46N/c1-5-8-10-12-13-14-15-16-17-19-21-22(4,7-3)20-18-11-9-6-2/h5-21H2,1-4H3/q+1. The fourth-order valence-electron chi connectivity index (χ4n) is 3.33. The summed E-state index contributed by atoms with van der Waals surface area (Å²) in [5.74, 6) is 0. The van der Waals surface area contributed by atoms with Gasteiger partial charge in [-0.25, -0.2) is 0 Å². The number of rotatable bonds is 17. The van der Waals surface area contributed by atoms with Gasteiger partial charge < -0.3 is 4.48 Å². The molecule has 0 heterocycles. The van der Waals surface area contributed by atoms with Gasteiger partial charge in [-0.3, -0.25) is 0 Å². The molecular weight excluding hydrogens is 266 g/mol. The first-order chi connectivity index (χ1) is 10.7. The summed E-state index contributed by atoms with van der Waals surface area (Å²) in [5.41, 5.74) is 0. The van der Waals surface area contributed by atoms with E-state index in [1.54, 1.807) is 0 Å². The van der Waals surface area contributed by atoms with E-state index in [2.05, 4.69) is 27.8 Å². The van der Waals surface area contributed by atoms with E-state index >= 15 is 0 Å². The van der Waals surface area contributed by atoms with Crippen molar-refractivity contribution < 1.29 is 4.48 Å². The molecule has 0 aromatic carbocycles. The molecule has 0 aliphatic heterocycles. The van der Waals surface area contributed by atoms with E-state index in [0.717, 1.165) is 0 Å². The molecule has 0 fully saturated rings. The van der Waals surface area contributed by atoms with Crippen molar-refractivity contribution in [1.29, 1.82) is 0 Å². The Morgan fingerprint density at radius 1 is 0.455 bits per heavy atom. The molecule has 0 amide bonds. The maximum absolute atomic E-state index is 2.47. The van der Waals surface area contributed by atoms with E-state index in [1.807, 2.05) is 0 Å². The van der Waals surface area contributed by atoms with E-state index in [4.69, 9.17) is 0 Å². The van der Waals surface area contributed by atoms with Crippen molar-refractivity contribution in [1.82, 2.24) is 0 Å². The normalized spacial score (nSPS) is 14.2. The minimum Gasteiger partial charge on any atom is -0.326 e. The molecule has 0 bridgehead atoms. The number of hydrogen-bond acceptors (Lipinski definition) is 0. The molecular formula is C21H46N+. The van der Waals surface area contributed by atoms with Crippen LogP contribution in [0.25, 0.3) is 0 Å². The van der Waals surface area contributed by atoms with Gasteiger partial charge in [0, 0.05) is 0 Å². The second-order valence-electron chi connectivity index (χ2n) is 7.63. The highest BCUT2D eigenvalue weighted by molar-refractivity contribution is 4.49. The summed E-state index contributed by atoms with van der Waals surface area (Å²) in [6, 6.07) is 0. The third kappa shape index (κ3) is 13.6. The molecule has 22 heavy (non-hydrogen) atoms. The maximum atomic E-state index is 2.47. The van der Waals surface area contributed by atoms with E-state index in [1.165, 1.54) is 114 Å². The first-order valence-electron chi connectivity index (χ1n) is 10.5. The Bertz CT molecular complexity index is 214. The summed E-state index contributed by atoms with van der Waals surface area (Å²) in [6.07, 6.45) is 20.1. The highest BCUT2D eigenvalue weighted by Crippen LogP contribution is 2.13. The fourth-order valence-corrected chi connectivity index (χ4v) is 3.33. The number of unbranched alkanes of at least 4 members (excludes halogenated alkanes) is 12. The van der Waals surface area contributed by atoms with Crippen LogP contribution in [0.5, 0.6) is 0 Å². The molecule has 0 aromatic rings. The van der Waals surface area contributed by atoms with Crippen molar-refractivity contribution in [3.05, 3.63) is 0 Å². The fraction of sp³-hybridized carbons (Fsp3) is 1.00. The Labute approximate surface area is 142 Å². The van der Waals surface area contributed by atoms with Gasteiger partial charge in [0.25, 0.3) is 0 Å². The molecule has 1 heteroatoms. The van der Waals surface area contributed by atoms with Gasteiger partial charge in [0.2, 0.25) is 0 Å². The summed E-state index contributed by atoms with van der Waals surface area (Å²) >= 11 is 0. The molecule has 0 radical (unpaired) electrons. The molecule has 0 saturated carbocycles. The van der Waals surface area contributed by atoms with Crippen molar-refractivity contribution in [2.75, 3.05) is 26.7 Å². The second-order valence-corrected chi connectivity index (χ2v) is 7.63. The molecule has 0 aromatic heterocycles. The molecule has 1 nitrogen and oxygen atoms in total. The van der Waals surface area contributed by atoms with E-state index in [-0.39, 0.29) is 0 Å². The Morgan fingerprint density at radius 2 is 0.773 bits per heavy atom. The minimum atomic E-state index is 1.31. The average molecular weight is 313 g/mol. The zero-order chi connectivity index (χ0) is 16.5. The Hall–Kier alpha value is -0.0400. The van der Waals surface area contributed by atoms with Crippen molar-refractivity contribution in [3.8, 4) is 0 Å². The predicted octanol–water partition coefficient (Wildman–Crippen LogP) is 6.95. The van der Waals surface area contributed by atoms with Crippen LogP contribution in [0.1, 0.15) is 111 Å². The zero-order valence-corrected chi connectivity index (χ0v) is 16.5. The topological polar surface area (TPSA) is 0 Å². The molecule has 134 valence electrons. The van der Waals surface area contributed by atoms with E-state index < -0.39 is 0 Å². The van der Waals surface area contributed by atoms with Crippen LogP contribution in [-0.2, 0) is 0 Å². The molecule has 0 rings (SSSR count). The lowest BCUT2D eigenvalue weighted by molar-refractivity contribution is -0.908. The van der Waals surface area contributed by atoms with Gasteiger partial charge in [0.15, 0.2) is 0 Å². The Balaban J connectivity index is 3.45. The Morgan fingerprint density at radius 3 is 1.14 bits per heavy atom. The predicted molar refractivity (Wildman–Crippen MR) is 102 cm³/mol. The molecule has 0 N–H and O–H groups in total. The van der Waals surface area contributed by atoms with Gasteiger partial charge in [-0.1, -0.05) is 78.1 Å². The molecule has 0 aliphatic carbocycles. The third-order valence-corrected chi connectivity index (χ3v) is 5.37. The van der Waals surface area contributed by atoms with Gasteiger partial charge in [0.05, 0.1) is 26.7 Å². The molecule has 0 saturated heterocycles. The first-order valence-corrected chi connectivity index (χ1v) is 10.5. The quantitative estimate of drug-likeness (QED) is 0.201. The number of hydrogen-bond donors (Lipinski definition) is 0. The lowest BCUT2D eigenvalue weighted by atomic mass is 10.1. The lowest BCUT2D eigenvalue weighted by Crippen LogP contribution is -2.45. The van der Waals surface area contributed by atoms with E-state index in [9.17, 15) is 0 Å². The maximum Gasteiger partial charge on any atom is 0.0784 e. The average Bonchev–Trinajstić information content (AvgIpc) is 2.53. The SMILES string of the molecule is CCCCCCCCCCCC[N+](C)(CC)CCCCCC. The van der Waals surface area contributed by atoms with Crippen molar-refractivity contribution in [3.63, 3.8) is 0 Å². The number of nitrogens with zero attached hydrogens (tertiary/aromatic N) is 1. The lowest BCUT2D eigenvalue weighted by Gasteiger charge is -2.33. The number of quaternary nitrogens is 1. The smallest absolute Gasteiger partial charge is 0.0784 e. The van der Waals surface area contributed by atoms with Gasteiger partial charge in [0.1, 0.15) is 0 Å². The summed E-state index contributed by atoms with van der Waals surface area (Å²) in [4.78, 5) is 0. The van der Waals surface area contributed by atoms with Crippen LogP contribution in [0.4, 0.5) is 0 Å². The minimum absolute atomic E-state index is 1.31. The van der Waals surface area contributed by atoms with Crippen LogP contribution >= 0.6 is 0 Å². The molecule has 0 spiro atoms.